The van der Waals surface area contributed by atoms with Crippen molar-refractivity contribution < 1.29 is 13.2 Å². The molecule has 0 aliphatic carbocycles. The Labute approximate surface area is 110 Å². The Hall–Kier alpha value is -0.210. The summed E-state index contributed by atoms with van der Waals surface area (Å²) < 4.78 is 33.8. The number of morpholine rings is 1. The van der Waals surface area contributed by atoms with E-state index in [9.17, 15) is 8.42 Å². The van der Waals surface area contributed by atoms with Crippen molar-refractivity contribution >= 4 is 10.2 Å². The predicted octanol–water partition coefficient (Wildman–Crippen LogP) is -0.0835. The Kier molecular flexibility index (Phi) is 5.54. The molecule has 7 heteroatoms. The number of nitrogens with zero attached hydrogens (tertiary/aromatic N) is 1. The predicted molar refractivity (Wildman–Crippen MR) is 71.4 cm³/mol. The van der Waals surface area contributed by atoms with Crippen LogP contribution in [0.3, 0.4) is 0 Å². The zero-order valence-electron chi connectivity index (χ0n) is 11.5. The molecule has 0 aromatic heterocycles. The highest BCUT2D eigenvalue weighted by molar-refractivity contribution is 7.87. The molecule has 0 amide bonds. The van der Waals surface area contributed by atoms with Crippen LogP contribution in [-0.2, 0) is 14.9 Å². The van der Waals surface area contributed by atoms with E-state index in [0.29, 0.717) is 39.3 Å². The van der Waals surface area contributed by atoms with Gasteiger partial charge in [0, 0.05) is 19.1 Å². The van der Waals surface area contributed by atoms with Crippen molar-refractivity contribution in [3.8, 4) is 0 Å². The SMILES string of the molecule is CC(C)(C)C(CCN)NS(=O)(=O)N1CCOCC1. The summed E-state index contributed by atoms with van der Waals surface area (Å²) in [5, 5.41) is 0. The Bertz CT molecular complexity index is 345. The molecule has 1 heterocycles. The smallest absolute Gasteiger partial charge is 0.279 e. The molecule has 1 atom stereocenters. The van der Waals surface area contributed by atoms with Gasteiger partial charge in [0.2, 0.25) is 0 Å². The largest absolute Gasteiger partial charge is 0.379 e. The summed E-state index contributed by atoms with van der Waals surface area (Å²) in [7, 11) is -3.44. The van der Waals surface area contributed by atoms with Crippen LogP contribution in [0.2, 0.25) is 0 Å². The quantitative estimate of drug-likeness (QED) is 0.737. The molecule has 1 fully saturated rings. The van der Waals surface area contributed by atoms with Gasteiger partial charge in [0.05, 0.1) is 13.2 Å². The molecule has 1 aliphatic rings. The highest BCUT2D eigenvalue weighted by atomic mass is 32.2. The Morgan fingerprint density at radius 2 is 1.89 bits per heavy atom. The van der Waals surface area contributed by atoms with Gasteiger partial charge in [-0.25, -0.2) is 0 Å². The fourth-order valence-electron chi connectivity index (χ4n) is 1.88. The fraction of sp³-hybridized carbons (Fsp3) is 1.00. The van der Waals surface area contributed by atoms with Crippen LogP contribution in [0, 0.1) is 5.41 Å². The number of ether oxygens (including phenoxy) is 1. The minimum absolute atomic E-state index is 0.154. The number of nitrogens with one attached hydrogen (secondary N) is 1. The Balaban J connectivity index is 2.72. The first kappa shape index (κ1) is 15.8. The van der Waals surface area contributed by atoms with Crippen LogP contribution in [0.1, 0.15) is 27.2 Å². The molecule has 1 saturated heterocycles. The average molecular weight is 279 g/mol. The van der Waals surface area contributed by atoms with E-state index < -0.39 is 10.2 Å². The molecule has 0 saturated carbocycles. The zero-order valence-corrected chi connectivity index (χ0v) is 12.3. The molecule has 6 nitrogen and oxygen atoms in total. The lowest BCUT2D eigenvalue weighted by Gasteiger charge is -2.34. The van der Waals surface area contributed by atoms with E-state index >= 15 is 0 Å². The highest BCUT2D eigenvalue weighted by Crippen LogP contribution is 2.22. The molecule has 0 aromatic rings. The summed E-state index contributed by atoms with van der Waals surface area (Å²) in [5.41, 5.74) is 5.40. The fourth-order valence-corrected chi connectivity index (χ4v) is 3.49. The first-order valence-corrected chi connectivity index (χ1v) is 7.76. The molecule has 0 spiro atoms. The van der Waals surface area contributed by atoms with Crippen LogP contribution in [0.25, 0.3) is 0 Å². The maximum absolute atomic E-state index is 12.2. The van der Waals surface area contributed by atoms with Crippen molar-refractivity contribution in [1.29, 1.82) is 0 Å². The second-order valence-corrected chi connectivity index (χ2v) is 7.33. The zero-order chi connectivity index (χ0) is 13.8. The summed E-state index contributed by atoms with van der Waals surface area (Å²) in [6.45, 7) is 8.23. The van der Waals surface area contributed by atoms with Crippen molar-refractivity contribution in [1.82, 2.24) is 9.03 Å². The summed E-state index contributed by atoms with van der Waals surface area (Å²) in [4.78, 5) is 0. The summed E-state index contributed by atoms with van der Waals surface area (Å²) in [5.74, 6) is 0. The number of hydrogen-bond donors (Lipinski definition) is 2. The van der Waals surface area contributed by atoms with Crippen molar-refractivity contribution in [2.24, 2.45) is 11.1 Å². The molecular weight excluding hydrogens is 254 g/mol. The first-order valence-electron chi connectivity index (χ1n) is 6.32. The third kappa shape index (κ3) is 4.47. The van der Waals surface area contributed by atoms with Crippen LogP contribution in [0.5, 0.6) is 0 Å². The molecule has 108 valence electrons. The standard InChI is InChI=1S/C11H25N3O3S/c1-11(2,3)10(4-5-12)13-18(15,16)14-6-8-17-9-7-14/h10,13H,4-9,12H2,1-3H3. The van der Waals surface area contributed by atoms with E-state index in [0.717, 1.165) is 0 Å². The van der Waals surface area contributed by atoms with Gasteiger partial charge < -0.3 is 10.5 Å². The van der Waals surface area contributed by atoms with Crippen LogP contribution in [0.15, 0.2) is 0 Å². The molecule has 1 rings (SSSR count). The average Bonchev–Trinajstić information content (AvgIpc) is 2.28. The van der Waals surface area contributed by atoms with E-state index in [-0.39, 0.29) is 11.5 Å². The van der Waals surface area contributed by atoms with E-state index in [4.69, 9.17) is 10.5 Å². The molecule has 3 N–H and O–H groups in total. The minimum Gasteiger partial charge on any atom is -0.379 e. The van der Waals surface area contributed by atoms with E-state index in [1.165, 1.54) is 4.31 Å². The van der Waals surface area contributed by atoms with Crippen LogP contribution in [-0.4, -0.2) is 51.6 Å². The van der Waals surface area contributed by atoms with Gasteiger partial charge in [0.25, 0.3) is 10.2 Å². The topological polar surface area (TPSA) is 84.7 Å². The minimum atomic E-state index is -3.44. The van der Waals surface area contributed by atoms with Gasteiger partial charge in [-0.15, -0.1) is 0 Å². The maximum atomic E-state index is 12.2. The van der Waals surface area contributed by atoms with Gasteiger partial charge >= 0.3 is 0 Å². The summed E-state index contributed by atoms with van der Waals surface area (Å²) in [6, 6.07) is -0.157. The van der Waals surface area contributed by atoms with E-state index in [2.05, 4.69) is 4.72 Å². The van der Waals surface area contributed by atoms with E-state index in [1.807, 2.05) is 20.8 Å². The third-order valence-electron chi connectivity index (χ3n) is 3.10. The molecule has 0 radical (unpaired) electrons. The lowest BCUT2D eigenvalue weighted by molar-refractivity contribution is 0.0719. The maximum Gasteiger partial charge on any atom is 0.279 e. The van der Waals surface area contributed by atoms with E-state index in [1.54, 1.807) is 0 Å². The van der Waals surface area contributed by atoms with Crippen molar-refractivity contribution in [2.75, 3.05) is 32.8 Å². The van der Waals surface area contributed by atoms with Crippen LogP contribution >= 0.6 is 0 Å². The monoisotopic (exact) mass is 279 g/mol. The van der Waals surface area contributed by atoms with Crippen LogP contribution < -0.4 is 10.5 Å². The summed E-state index contributed by atoms with van der Waals surface area (Å²) in [6.07, 6.45) is 0.632. The van der Waals surface area contributed by atoms with Crippen molar-refractivity contribution in [3.05, 3.63) is 0 Å². The molecule has 0 aromatic carbocycles. The van der Waals surface area contributed by atoms with Crippen LogP contribution in [0.4, 0.5) is 0 Å². The lowest BCUT2D eigenvalue weighted by Crippen LogP contribution is -2.53. The Morgan fingerprint density at radius 3 is 2.33 bits per heavy atom. The molecule has 1 unspecified atom stereocenters. The second-order valence-electron chi connectivity index (χ2n) is 5.63. The second kappa shape index (κ2) is 6.29. The first-order chi connectivity index (χ1) is 8.27. The van der Waals surface area contributed by atoms with Crippen molar-refractivity contribution in [3.63, 3.8) is 0 Å². The van der Waals surface area contributed by atoms with Gasteiger partial charge in [-0.2, -0.15) is 17.4 Å². The molecular formula is C11H25N3O3S. The highest BCUT2D eigenvalue weighted by Gasteiger charge is 2.32. The third-order valence-corrected chi connectivity index (χ3v) is 4.73. The Morgan fingerprint density at radius 1 is 1.33 bits per heavy atom. The lowest BCUT2D eigenvalue weighted by atomic mass is 9.85. The number of nitrogens with two attached hydrogens (primary N) is 1. The molecule has 0 bridgehead atoms. The molecule has 1 aliphatic heterocycles. The van der Waals surface area contributed by atoms with Gasteiger partial charge in [-0.3, -0.25) is 0 Å². The normalized spacial score (nSPS) is 20.9. The van der Waals surface area contributed by atoms with Gasteiger partial charge in [0.15, 0.2) is 0 Å². The molecule has 18 heavy (non-hydrogen) atoms. The number of hydrogen-bond acceptors (Lipinski definition) is 4. The van der Waals surface area contributed by atoms with Gasteiger partial charge in [-0.05, 0) is 18.4 Å². The summed E-state index contributed by atoms with van der Waals surface area (Å²) >= 11 is 0. The van der Waals surface area contributed by atoms with Gasteiger partial charge in [-0.1, -0.05) is 20.8 Å². The number of rotatable bonds is 5. The van der Waals surface area contributed by atoms with Crippen molar-refractivity contribution in [2.45, 2.75) is 33.2 Å². The van der Waals surface area contributed by atoms with Gasteiger partial charge in [0.1, 0.15) is 0 Å².